The molecule has 0 fully saturated rings. The monoisotopic (exact) mass is 335 g/mol. The average molecular weight is 335 g/mol. The molecule has 1 rings (SSSR count). The summed E-state index contributed by atoms with van der Waals surface area (Å²) in [6, 6.07) is 7.42. The Morgan fingerprint density at radius 1 is 1.08 bits per heavy atom. The average Bonchev–Trinajstić information content (AvgIpc) is 2.55. The van der Waals surface area contributed by atoms with Crippen LogP contribution in [0.5, 0.6) is 5.75 Å². The molecule has 0 aliphatic rings. The van der Waals surface area contributed by atoms with Crippen LogP contribution in [-0.4, -0.2) is 62.1 Å². The zero-order chi connectivity index (χ0) is 17.9. The number of benzene rings is 1. The highest BCUT2D eigenvalue weighted by Gasteiger charge is 2.13. The molecule has 0 atom stereocenters. The number of methoxy groups -OCH3 is 1. The molecule has 0 aromatic heterocycles. The van der Waals surface area contributed by atoms with Crippen LogP contribution in [0.1, 0.15) is 27.7 Å². The van der Waals surface area contributed by atoms with Crippen LogP contribution in [0.4, 0.5) is 5.69 Å². The number of nitrogens with one attached hydrogen (secondary N) is 1. The zero-order valence-electron chi connectivity index (χ0n) is 15.8. The summed E-state index contributed by atoms with van der Waals surface area (Å²) in [6.45, 7) is 14.1. The van der Waals surface area contributed by atoms with Gasteiger partial charge in [-0.2, -0.15) is 0 Å². The standard InChI is InChI=1S/C19H33N3O2/c1-6-21(7-2)12-13-22(14-16(3)4)15-19(23)20-17-8-10-18(24-5)11-9-17/h8-11,16H,6-7,12-15H2,1-5H3,(H,20,23). The van der Waals surface area contributed by atoms with E-state index in [1.54, 1.807) is 7.11 Å². The first kappa shape index (κ1) is 20.5. The number of anilines is 1. The molecule has 5 heteroatoms. The van der Waals surface area contributed by atoms with Crippen molar-refractivity contribution >= 4 is 11.6 Å². The lowest BCUT2D eigenvalue weighted by Gasteiger charge is -2.27. The van der Waals surface area contributed by atoms with Crippen molar-refractivity contribution < 1.29 is 9.53 Å². The number of rotatable bonds is 11. The molecular weight excluding hydrogens is 302 g/mol. The van der Waals surface area contributed by atoms with Crippen molar-refractivity contribution in [3.63, 3.8) is 0 Å². The fourth-order valence-electron chi connectivity index (χ4n) is 2.65. The van der Waals surface area contributed by atoms with Crippen LogP contribution in [0.15, 0.2) is 24.3 Å². The summed E-state index contributed by atoms with van der Waals surface area (Å²) in [5, 5.41) is 2.96. The fourth-order valence-corrected chi connectivity index (χ4v) is 2.65. The number of carbonyl (C=O) groups is 1. The van der Waals surface area contributed by atoms with E-state index in [-0.39, 0.29) is 5.91 Å². The summed E-state index contributed by atoms with van der Waals surface area (Å²) in [6.07, 6.45) is 0. The third-order valence-electron chi connectivity index (χ3n) is 3.99. The summed E-state index contributed by atoms with van der Waals surface area (Å²) in [5.41, 5.74) is 0.800. The van der Waals surface area contributed by atoms with Gasteiger partial charge in [-0.3, -0.25) is 9.69 Å². The predicted octanol–water partition coefficient (Wildman–Crippen LogP) is 2.93. The Balaban J connectivity index is 2.55. The van der Waals surface area contributed by atoms with Crippen LogP contribution >= 0.6 is 0 Å². The number of ether oxygens (including phenoxy) is 1. The largest absolute Gasteiger partial charge is 0.497 e. The summed E-state index contributed by atoms with van der Waals surface area (Å²) in [5.74, 6) is 1.35. The number of carbonyl (C=O) groups excluding carboxylic acids is 1. The molecule has 0 aliphatic carbocycles. The molecule has 1 aromatic rings. The second kappa shape index (κ2) is 11.0. The van der Waals surface area contributed by atoms with Crippen molar-refractivity contribution in [1.82, 2.24) is 9.80 Å². The number of hydrogen-bond donors (Lipinski definition) is 1. The van der Waals surface area contributed by atoms with Gasteiger partial charge in [-0.05, 0) is 43.3 Å². The SMILES string of the molecule is CCN(CC)CCN(CC(=O)Nc1ccc(OC)cc1)CC(C)C. The first-order valence-electron chi connectivity index (χ1n) is 8.87. The second-order valence-corrected chi connectivity index (χ2v) is 6.43. The Labute approximate surface area is 147 Å². The highest BCUT2D eigenvalue weighted by Crippen LogP contribution is 2.15. The Bertz CT molecular complexity index is 470. The lowest BCUT2D eigenvalue weighted by Crippen LogP contribution is -2.41. The van der Waals surface area contributed by atoms with E-state index in [0.29, 0.717) is 12.5 Å². The summed E-state index contributed by atoms with van der Waals surface area (Å²) < 4.78 is 5.13. The van der Waals surface area contributed by atoms with Crippen molar-refractivity contribution in [2.45, 2.75) is 27.7 Å². The highest BCUT2D eigenvalue weighted by molar-refractivity contribution is 5.92. The number of likely N-dealkylation sites (N-methyl/N-ethyl adjacent to an activating group) is 1. The lowest BCUT2D eigenvalue weighted by atomic mass is 10.2. The fraction of sp³-hybridized carbons (Fsp3) is 0.632. The van der Waals surface area contributed by atoms with E-state index < -0.39 is 0 Å². The zero-order valence-corrected chi connectivity index (χ0v) is 15.8. The van der Waals surface area contributed by atoms with Crippen LogP contribution in [0, 0.1) is 5.92 Å². The van der Waals surface area contributed by atoms with Gasteiger partial charge in [0, 0.05) is 25.3 Å². The van der Waals surface area contributed by atoms with Crippen LogP contribution < -0.4 is 10.1 Å². The van der Waals surface area contributed by atoms with Crippen LogP contribution in [-0.2, 0) is 4.79 Å². The van der Waals surface area contributed by atoms with Crippen LogP contribution in [0.2, 0.25) is 0 Å². The lowest BCUT2D eigenvalue weighted by molar-refractivity contribution is -0.117. The van der Waals surface area contributed by atoms with E-state index in [1.165, 1.54) is 0 Å². The Morgan fingerprint density at radius 3 is 2.17 bits per heavy atom. The van der Waals surface area contributed by atoms with Gasteiger partial charge in [0.05, 0.1) is 13.7 Å². The first-order chi connectivity index (χ1) is 11.5. The van der Waals surface area contributed by atoms with Crippen molar-refractivity contribution in [3.8, 4) is 5.75 Å². The van der Waals surface area contributed by atoms with Gasteiger partial charge in [-0.15, -0.1) is 0 Å². The topological polar surface area (TPSA) is 44.8 Å². The third-order valence-corrected chi connectivity index (χ3v) is 3.99. The molecule has 24 heavy (non-hydrogen) atoms. The number of hydrogen-bond acceptors (Lipinski definition) is 4. The Kier molecular flexibility index (Phi) is 9.42. The smallest absolute Gasteiger partial charge is 0.238 e. The van der Waals surface area contributed by atoms with E-state index in [9.17, 15) is 4.79 Å². The summed E-state index contributed by atoms with van der Waals surface area (Å²) >= 11 is 0. The highest BCUT2D eigenvalue weighted by atomic mass is 16.5. The van der Waals surface area contributed by atoms with Gasteiger partial charge in [0.2, 0.25) is 5.91 Å². The Morgan fingerprint density at radius 2 is 1.67 bits per heavy atom. The molecule has 1 N–H and O–H groups in total. The van der Waals surface area contributed by atoms with Gasteiger partial charge in [0.25, 0.3) is 0 Å². The van der Waals surface area contributed by atoms with Gasteiger partial charge in [-0.1, -0.05) is 27.7 Å². The van der Waals surface area contributed by atoms with E-state index >= 15 is 0 Å². The third kappa shape index (κ3) is 7.79. The van der Waals surface area contributed by atoms with Crippen molar-refractivity contribution in [3.05, 3.63) is 24.3 Å². The second-order valence-electron chi connectivity index (χ2n) is 6.43. The molecule has 136 valence electrons. The molecule has 0 heterocycles. The minimum atomic E-state index is 0.0281. The van der Waals surface area contributed by atoms with Crippen LogP contribution in [0.25, 0.3) is 0 Å². The predicted molar refractivity (Wildman–Crippen MR) is 101 cm³/mol. The van der Waals surface area contributed by atoms with Crippen molar-refractivity contribution in [2.75, 3.05) is 51.7 Å². The molecule has 0 spiro atoms. The number of amides is 1. The maximum atomic E-state index is 12.3. The molecule has 1 aromatic carbocycles. The summed E-state index contributed by atoms with van der Waals surface area (Å²) in [4.78, 5) is 17.0. The van der Waals surface area contributed by atoms with Gasteiger partial charge in [0.1, 0.15) is 5.75 Å². The molecule has 0 saturated carbocycles. The molecule has 1 amide bonds. The van der Waals surface area contributed by atoms with E-state index in [0.717, 1.165) is 44.2 Å². The molecule has 0 aliphatic heterocycles. The van der Waals surface area contributed by atoms with Gasteiger partial charge in [0.15, 0.2) is 0 Å². The van der Waals surface area contributed by atoms with Crippen molar-refractivity contribution in [1.29, 1.82) is 0 Å². The summed E-state index contributed by atoms with van der Waals surface area (Å²) in [7, 11) is 1.63. The maximum Gasteiger partial charge on any atom is 0.238 e. The molecular formula is C19H33N3O2. The minimum Gasteiger partial charge on any atom is -0.497 e. The normalized spacial score (nSPS) is 11.3. The molecule has 0 saturated heterocycles. The van der Waals surface area contributed by atoms with Gasteiger partial charge < -0.3 is 15.0 Å². The van der Waals surface area contributed by atoms with Crippen molar-refractivity contribution in [2.24, 2.45) is 5.92 Å². The van der Waals surface area contributed by atoms with Gasteiger partial charge in [-0.25, -0.2) is 0 Å². The van der Waals surface area contributed by atoms with E-state index in [1.807, 2.05) is 24.3 Å². The molecule has 0 radical (unpaired) electrons. The Hall–Kier alpha value is -1.59. The molecule has 0 unspecified atom stereocenters. The number of nitrogens with zero attached hydrogens (tertiary/aromatic N) is 2. The first-order valence-corrected chi connectivity index (χ1v) is 8.87. The molecule has 5 nitrogen and oxygen atoms in total. The quantitative estimate of drug-likeness (QED) is 0.675. The maximum absolute atomic E-state index is 12.3. The van der Waals surface area contributed by atoms with E-state index in [2.05, 4.69) is 42.8 Å². The van der Waals surface area contributed by atoms with E-state index in [4.69, 9.17) is 4.74 Å². The van der Waals surface area contributed by atoms with Crippen LogP contribution in [0.3, 0.4) is 0 Å². The van der Waals surface area contributed by atoms with Gasteiger partial charge >= 0.3 is 0 Å². The molecule has 0 bridgehead atoms. The minimum absolute atomic E-state index is 0.0281.